The lowest BCUT2D eigenvalue weighted by Crippen LogP contribution is -2.48. The van der Waals surface area contributed by atoms with Crippen LogP contribution in [0.3, 0.4) is 0 Å². The average molecular weight is 528 g/mol. The molecule has 0 saturated carbocycles. The lowest BCUT2D eigenvalue weighted by Gasteiger charge is -2.33. The van der Waals surface area contributed by atoms with Gasteiger partial charge >= 0.3 is 0 Å². The highest BCUT2D eigenvalue weighted by Crippen LogP contribution is 2.31. The number of methoxy groups -OCH3 is 2. The molecule has 0 atom stereocenters. The van der Waals surface area contributed by atoms with Crippen LogP contribution in [-0.2, 0) is 16.6 Å². The number of benzene rings is 2. The number of hydrogen-bond acceptors (Lipinski definition) is 9. The Balaban J connectivity index is 1.28. The number of aromatic nitrogens is 3. The van der Waals surface area contributed by atoms with Crippen LogP contribution >= 0.6 is 11.3 Å². The third-order valence-electron chi connectivity index (χ3n) is 6.03. The zero-order chi connectivity index (χ0) is 25.3. The fourth-order valence-corrected chi connectivity index (χ4v) is 6.49. The van der Waals surface area contributed by atoms with Gasteiger partial charge in [0.05, 0.1) is 24.8 Å². The molecule has 0 N–H and O–H groups in total. The predicted octanol–water partition coefficient (Wildman–Crippen LogP) is 2.34. The van der Waals surface area contributed by atoms with E-state index in [1.54, 1.807) is 6.07 Å². The number of fused-ring (bicyclic) bond motifs is 1. The summed E-state index contributed by atoms with van der Waals surface area (Å²) < 4.78 is 39.6. The van der Waals surface area contributed by atoms with Gasteiger partial charge in [-0.2, -0.15) is 13.9 Å². The molecule has 1 saturated heterocycles. The molecule has 5 rings (SSSR count). The summed E-state index contributed by atoms with van der Waals surface area (Å²) >= 11 is 1.36. The van der Waals surface area contributed by atoms with Crippen LogP contribution in [0.25, 0.3) is 15.5 Å². The van der Waals surface area contributed by atoms with Gasteiger partial charge in [0.15, 0.2) is 11.5 Å². The van der Waals surface area contributed by atoms with Crippen molar-refractivity contribution in [1.82, 2.24) is 23.8 Å². The molecule has 0 spiro atoms. The molecule has 12 heteroatoms. The monoisotopic (exact) mass is 527 g/mol. The van der Waals surface area contributed by atoms with Crippen LogP contribution in [0.1, 0.15) is 5.69 Å². The Morgan fingerprint density at radius 2 is 1.67 bits per heavy atom. The van der Waals surface area contributed by atoms with E-state index in [0.29, 0.717) is 54.9 Å². The van der Waals surface area contributed by atoms with Crippen LogP contribution in [0.5, 0.6) is 11.5 Å². The van der Waals surface area contributed by atoms with E-state index in [1.165, 1.54) is 52.6 Å². The Kier molecular flexibility index (Phi) is 6.75. The Morgan fingerprint density at radius 3 is 2.36 bits per heavy atom. The van der Waals surface area contributed by atoms with Crippen LogP contribution < -0.4 is 15.0 Å². The molecule has 36 heavy (non-hydrogen) atoms. The van der Waals surface area contributed by atoms with E-state index in [1.807, 2.05) is 30.3 Å². The molecule has 188 valence electrons. The lowest BCUT2D eigenvalue weighted by molar-refractivity contribution is 0.180. The Bertz CT molecular complexity index is 1540. The SMILES string of the molecule is COc1ccc(S(=O)(=O)N2CCN(Cc3cc(=O)n4nc(-c5ccccc5)sc4n3)CC2)cc1OC. The van der Waals surface area contributed by atoms with Gasteiger partial charge in [-0.15, -0.1) is 0 Å². The summed E-state index contributed by atoms with van der Waals surface area (Å²) in [6, 6.07) is 15.7. The van der Waals surface area contributed by atoms with Crippen molar-refractivity contribution in [1.29, 1.82) is 0 Å². The van der Waals surface area contributed by atoms with Crippen LogP contribution in [0, 0.1) is 0 Å². The number of nitrogens with zero attached hydrogens (tertiary/aromatic N) is 5. The molecule has 4 aromatic rings. The van der Waals surface area contributed by atoms with E-state index in [4.69, 9.17) is 9.47 Å². The third kappa shape index (κ3) is 4.72. The minimum atomic E-state index is -3.68. The highest BCUT2D eigenvalue weighted by atomic mass is 32.2. The first kappa shape index (κ1) is 24.4. The molecule has 3 heterocycles. The summed E-state index contributed by atoms with van der Waals surface area (Å²) in [4.78, 5) is 20.1. The van der Waals surface area contributed by atoms with E-state index in [-0.39, 0.29) is 10.5 Å². The maximum absolute atomic E-state index is 13.2. The van der Waals surface area contributed by atoms with Crippen molar-refractivity contribution in [2.45, 2.75) is 11.4 Å². The van der Waals surface area contributed by atoms with Crippen LogP contribution in [-0.4, -0.2) is 72.6 Å². The van der Waals surface area contributed by atoms with Crippen molar-refractivity contribution in [2.75, 3.05) is 40.4 Å². The van der Waals surface area contributed by atoms with Crippen molar-refractivity contribution in [3.63, 3.8) is 0 Å². The first-order chi connectivity index (χ1) is 17.4. The van der Waals surface area contributed by atoms with Gasteiger partial charge in [0.2, 0.25) is 15.0 Å². The van der Waals surface area contributed by atoms with Crippen molar-refractivity contribution in [3.8, 4) is 22.1 Å². The Hall–Kier alpha value is -3.32. The third-order valence-corrected chi connectivity index (χ3v) is 8.88. The smallest absolute Gasteiger partial charge is 0.275 e. The summed E-state index contributed by atoms with van der Waals surface area (Å²) in [5.41, 5.74) is 1.34. The van der Waals surface area contributed by atoms with Crippen LogP contribution in [0.2, 0.25) is 0 Å². The molecule has 1 aliphatic rings. The zero-order valence-electron chi connectivity index (χ0n) is 19.8. The van der Waals surface area contributed by atoms with E-state index >= 15 is 0 Å². The number of hydrogen-bond donors (Lipinski definition) is 0. The minimum absolute atomic E-state index is 0.160. The topological polar surface area (TPSA) is 106 Å². The van der Waals surface area contributed by atoms with Gasteiger partial charge in [0, 0.05) is 50.4 Å². The highest BCUT2D eigenvalue weighted by Gasteiger charge is 2.29. The first-order valence-electron chi connectivity index (χ1n) is 11.3. The van der Waals surface area contributed by atoms with Crippen LogP contribution in [0.4, 0.5) is 0 Å². The largest absolute Gasteiger partial charge is 0.493 e. The summed E-state index contributed by atoms with van der Waals surface area (Å²) in [6.07, 6.45) is 0. The second-order valence-electron chi connectivity index (χ2n) is 8.25. The Labute approximate surface area is 212 Å². The maximum atomic E-state index is 13.2. The van der Waals surface area contributed by atoms with E-state index < -0.39 is 10.0 Å². The first-order valence-corrected chi connectivity index (χ1v) is 13.5. The summed E-state index contributed by atoms with van der Waals surface area (Å²) in [6.45, 7) is 2.15. The van der Waals surface area contributed by atoms with Gasteiger partial charge in [-0.1, -0.05) is 41.7 Å². The second-order valence-corrected chi connectivity index (χ2v) is 11.1. The van der Waals surface area contributed by atoms with Gasteiger partial charge in [-0.3, -0.25) is 9.69 Å². The number of rotatable bonds is 7. The fraction of sp³-hybridized carbons (Fsp3) is 0.292. The molecule has 0 radical (unpaired) electrons. The molecular formula is C24H25N5O5S2. The van der Waals surface area contributed by atoms with Crippen molar-refractivity contribution < 1.29 is 17.9 Å². The van der Waals surface area contributed by atoms with Gasteiger partial charge < -0.3 is 9.47 Å². The molecule has 2 aromatic heterocycles. The van der Waals surface area contributed by atoms with Gasteiger partial charge in [-0.25, -0.2) is 13.4 Å². The molecule has 10 nitrogen and oxygen atoms in total. The average Bonchev–Trinajstić information content (AvgIpc) is 3.34. The lowest BCUT2D eigenvalue weighted by atomic mass is 10.2. The molecule has 1 aliphatic heterocycles. The molecule has 0 bridgehead atoms. The van der Waals surface area contributed by atoms with Crippen molar-refractivity contribution >= 4 is 26.3 Å². The van der Waals surface area contributed by atoms with Crippen LogP contribution in [0.15, 0.2) is 64.3 Å². The summed E-state index contributed by atoms with van der Waals surface area (Å²) in [5.74, 6) is 0.835. The predicted molar refractivity (Wildman–Crippen MR) is 136 cm³/mol. The molecule has 0 amide bonds. The summed E-state index contributed by atoms with van der Waals surface area (Å²) in [7, 11) is -0.705. The van der Waals surface area contributed by atoms with Crippen molar-refractivity contribution in [2.24, 2.45) is 0 Å². The normalized spacial score (nSPS) is 15.3. The Morgan fingerprint density at radius 1 is 0.944 bits per heavy atom. The van der Waals surface area contributed by atoms with Gasteiger partial charge in [0.1, 0.15) is 5.01 Å². The van der Waals surface area contributed by atoms with Gasteiger partial charge in [-0.05, 0) is 12.1 Å². The zero-order valence-corrected chi connectivity index (χ0v) is 21.5. The highest BCUT2D eigenvalue weighted by molar-refractivity contribution is 7.89. The van der Waals surface area contributed by atoms with E-state index in [0.717, 1.165) is 10.6 Å². The second kappa shape index (κ2) is 9.97. The number of ether oxygens (including phenoxy) is 2. The van der Waals surface area contributed by atoms with E-state index in [9.17, 15) is 13.2 Å². The maximum Gasteiger partial charge on any atom is 0.275 e. The van der Waals surface area contributed by atoms with Crippen molar-refractivity contribution in [3.05, 3.63) is 70.6 Å². The van der Waals surface area contributed by atoms with E-state index in [2.05, 4.69) is 15.0 Å². The molecule has 0 unspecified atom stereocenters. The fourth-order valence-electron chi connectivity index (χ4n) is 4.12. The minimum Gasteiger partial charge on any atom is -0.493 e. The molecule has 1 fully saturated rings. The molecular weight excluding hydrogens is 502 g/mol. The van der Waals surface area contributed by atoms with Gasteiger partial charge in [0.25, 0.3) is 5.56 Å². The molecule has 0 aliphatic carbocycles. The quantitative estimate of drug-likeness (QED) is 0.361. The summed E-state index contributed by atoms with van der Waals surface area (Å²) in [5, 5.41) is 5.14. The standard InChI is InChI=1S/C24H25N5O5S2/c1-33-20-9-8-19(15-21(20)34-2)36(31,32)28-12-10-27(11-13-28)16-18-14-22(30)29-24(25-18)35-23(26-29)17-6-4-3-5-7-17/h3-9,14-15H,10-13,16H2,1-2H3. The number of sulfonamides is 1. The number of piperazine rings is 1. The molecule has 2 aromatic carbocycles.